The molecule has 0 aliphatic heterocycles. The number of amides is 1. The highest BCUT2D eigenvalue weighted by Crippen LogP contribution is 2.22. The van der Waals surface area contributed by atoms with E-state index in [9.17, 15) is 9.59 Å². The number of aromatic nitrogens is 1. The normalized spacial score (nSPS) is 12.9. The molecule has 126 valence electrons. The summed E-state index contributed by atoms with van der Waals surface area (Å²) in [6, 6.07) is 12.9. The van der Waals surface area contributed by atoms with Crippen LogP contribution in [0.5, 0.6) is 0 Å². The molecule has 0 unspecified atom stereocenters. The average molecular weight is 344 g/mol. The van der Waals surface area contributed by atoms with Crippen molar-refractivity contribution in [2.24, 2.45) is 0 Å². The van der Waals surface area contributed by atoms with Crippen LogP contribution in [0.3, 0.4) is 0 Å². The van der Waals surface area contributed by atoms with Crippen LogP contribution in [0.4, 0.5) is 0 Å². The van der Waals surface area contributed by atoms with Gasteiger partial charge in [0.2, 0.25) is 5.91 Å². The predicted molar refractivity (Wildman–Crippen MR) is 94.4 cm³/mol. The zero-order valence-electron chi connectivity index (χ0n) is 13.7. The maximum absolute atomic E-state index is 12.3. The number of rotatable bonds is 7. The lowest BCUT2D eigenvalue weighted by Crippen LogP contribution is -2.50. The highest BCUT2D eigenvalue weighted by atomic mass is 32.2. The molecule has 0 fully saturated rings. The number of ether oxygens (including phenoxy) is 1. The van der Waals surface area contributed by atoms with Crippen LogP contribution >= 0.6 is 11.8 Å². The van der Waals surface area contributed by atoms with Gasteiger partial charge in [-0.15, -0.1) is 11.8 Å². The lowest BCUT2D eigenvalue weighted by molar-refractivity contribution is -0.150. The fourth-order valence-electron chi connectivity index (χ4n) is 2.28. The lowest BCUT2D eigenvalue weighted by Gasteiger charge is -2.28. The first kappa shape index (κ1) is 18.0. The van der Waals surface area contributed by atoms with E-state index >= 15 is 0 Å². The predicted octanol–water partition coefficient (Wildman–Crippen LogP) is 2.52. The van der Waals surface area contributed by atoms with E-state index in [-0.39, 0.29) is 11.7 Å². The van der Waals surface area contributed by atoms with Crippen molar-refractivity contribution in [3.05, 3.63) is 66.0 Å². The van der Waals surface area contributed by atoms with E-state index in [1.54, 1.807) is 31.5 Å². The Balaban J connectivity index is 1.99. The molecule has 0 saturated heterocycles. The number of benzene rings is 1. The Hall–Kier alpha value is -2.34. The van der Waals surface area contributed by atoms with Gasteiger partial charge in [0.15, 0.2) is 5.54 Å². The average Bonchev–Trinajstić information content (AvgIpc) is 2.62. The molecule has 2 aromatic rings. The van der Waals surface area contributed by atoms with E-state index < -0.39 is 11.5 Å². The molecule has 1 aromatic carbocycles. The van der Waals surface area contributed by atoms with E-state index in [1.165, 1.54) is 18.9 Å². The van der Waals surface area contributed by atoms with Crippen LogP contribution in [0.2, 0.25) is 0 Å². The van der Waals surface area contributed by atoms with Gasteiger partial charge in [-0.25, -0.2) is 4.79 Å². The fraction of sp³-hybridized carbons (Fsp3) is 0.278. The minimum atomic E-state index is -1.21. The van der Waals surface area contributed by atoms with Gasteiger partial charge in [0.05, 0.1) is 12.9 Å². The monoisotopic (exact) mass is 344 g/mol. The summed E-state index contributed by atoms with van der Waals surface area (Å²) in [5.41, 5.74) is 0.527. The Morgan fingerprint density at radius 3 is 2.58 bits per heavy atom. The molecular formula is C18H20N2O3S. The molecule has 24 heavy (non-hydrogen) atoms. The van der Waals surface area contributed by atoms with Crippen molar-refractivity contribution < 1.29 is 14.3 Å². The number of hydrogen-bond acceptors (Lipinski definition) is 5. The number of methoxy groups -OCH3 is 1. The van der Waals surface area contributed by atoms with Crippen LogP contribution in [0.15, 0.2) is 54.9 Å². The molecule has 5 nitrogen and oxygen atoms in total. The fourth-order valence-corrected chi connectivity index (χ4v) is 3.04. The molecule has 0 aliphatic rings. The van der Waals surface area contributed by atoms with Crippen LogP contribution in [0.25, 0.3) is 0 Å². The minimum Gasteiger partial charge on any atom is -0.467 e. The number of carbonyl (C=O) groups excluding carboxylic acids is 2. The molecule has 0 radical (unpaired) electrons. The Labute approximate surface area is 145 Å². The summed E-state index contributed by atoms with van der Waals surface area (Å²) in [6.45, 7) is 1.65. The maximum atomic E-state index is 12.3. The lowest BCUT2D eigenvalue weighted by atomic mass is 9.92. The molecule has 1 heterocycles. The number of hydrogen-bond donors (Lipinski definition) is 1. The molecular weight excluding hydrogens is 324 g/mol. The van der Waals surface area contributed by atoms with Crippen molar-refractivity contribution in [3.8, 4) is 0 Å². The Bertz CT molecular complexity index is 679. The van der Waals surface area contributed by atoms with Gasteiger partial charge >= 0.3 is 5.97 Å². The number of carbonyl (C=O) groups is 2. The first-order valence-corrected chi connectivity index (χ1v) is 8.63. The smallest absolute Gasteiger partial charge is 0.336 e. The van der Waals surface area contributed by atoms with E-state index in [4.69, 9.17) is 4.74 Å². The van der Waals surface area contributed by atoms with Crippen LogP contribution < -0.4 is 5.32 Å². The second-order valence-electron chi connectivity index (χ2n) is 5.38. The zero-order valence-corrected chi connectivity index (χ0v) is 14.5. The quantitative estimate of drug-likeness (QED) is 0.782. The zero-order chi connectivity index (χ0) is 17.4. The summed E-state index contributed by atoms with van der Waals surface area (Å²) in [5, 5.41) is 2.80. The Morgan fingerprint density at radius 1 is 1.21 bits per heavy atom. The van der Waals surface area contributed by atoms with E-state index in [0.717, 1.165) is 5.56 Å². The largest absolute Gasteiger partial charge is 0.467 e. The molecule has 0 bridgehead atoms. The second kappa shape index (κ2) is 8.49. The van der Waals surface area contributed by atoms with Crippen molar-refractivity contribution in [2.75, 3.05) is 12.9 Å². The number of pyridine rings is 1. The molecule has 1 aromatic heterocycles. The first-order valence-electron chi connectivity index (χ1n) is 7.48. The third-order valence-corrected chi connectivity index (χ3v) is 4.56. The minimum absolute atomic E-state index is 0.222. The van der Waals surface area contributed by atoms with Gasteiger partial charge in [0.25, 0.3) is 0 Å². The highest BCUT2D eigenvalue weighted by Gasteiger charge is 2.37. The number of nitrogens with zero attached hydrogens (tertiary/aromatic N) is 1. The van der Waals surface area contributed by atoms with Gasteiger partial charge in [-0.2, -0.15) is 0 Å². The number of thioether (sulfide) groups is 1. The van der Waals surface area contributed by atoms with Crippen LogP contribution in [-0.2, 0) is 25.6 Å². The van der Waals surface area contributed by atoms with E-state index in [1.807, 2.05) is 30.3 Å². The molecule has 0 saturated carbocycles. The first-order chi connectivity index (χ1) is 11.6. The summed E-state index contributed by atoms with van der Waals surface area (Å²) >= 11 is 1.47. The molecule has 1 N–H and O–H groups in total. The van der Waals surface area contributed by atoms with Crippen LogP contribution in [0.1, 0.15) is 18.1 Å². The van der Waals surface area contributed by atoms with Crippen LogP contribution in [-0.4, -0.2) is 29.7 Å². The van der Waals surface area contributed by atoms with Gasteiger partial charge in [-0.05, 0) is 24.1 Å². The molecule has 0 spiro atoms. The van der Waals surface area contributed by atoms with Crippen LogP contribution in [0, 0.1) is 0 Å². The van der Waals surface area contributed by atoms with Crippen molar-refractivity contribution >= 4 is 23.6 Å². The van der Waals surface area contributed by atoms with Gasteiger partial charge < -0.3 is 10.1 Å². The molecule has 1 atom stereocenters. The molecule has 1 amide bonds. The van der Waals surface area contributed by atoms with Gasteiger partial charge in [0, 0.05) is 18.1 Å². The molecule has 6 heteroatoms. The van der Waals surface area contributed by atoms with Gasteiger partial charge in [-0.3, -0.25) is 9.78 Å². The summed E-state index contributed by atoms with van der Waals surface area (Å²) in [6.07, 6.45) is 3.48. The van der Waals surface area contributed by atoms with Crippen molar-refractivity contribution in [1.82, 2.24) is 10.3 Å². The SMILES string of the molecule is COC(=O)[C@](C)(NC(=O)CSCc1cccnc1)c1ccccc1. The Kier molecular flexibility index (Phi) is 6.37. The molecule has 2 rings (SSSR count). The third-order valence-electron chi connectivity index (χ3n) is 3.56. The third kappa shape index (κ3) is 4.58. The van der Waals surface area contributed by atoms with Gasteiger partial charge in [-0.1, -0.05) is 36.4 Å². The summed E-state index contributed by atoms with van der Waals surface area (Å²) in [7, 11) is 1.31. The summed E-state index contributed by atoms with van der Waals surface area (Å²) in [5.74, 6) is 0.204. The standard InChI is InChI=1S/C18H20N2O3S/c1-18(17(22)23-2,15-8-4-3-5-9-15)20-16(21)13-24-12-14-7-6-10-19-11-14/h3-11H,12-13H2,1-2H3,(H,20,21)/t18-/m1/s1. The van der Waals surface area contributed by atoms with E-state index in [2.05, 4.69) is 10.3 Å². The number of esters is 1. The van der Waals surface area contributed by atoms with E-state index in [0.29, 0.717) is 11.3 Å². The maximum Gasteiger partial charge on any atom is 0.336 e. The summed E-state index contributed by atoms with van der Waals surface area (Å²) < 4.78 is 4.88. The van der Waals surface area contributed by atoms with Gasteiger partial charge in [0.1, 0.15) is 0 Å². The topological polar surface area (TPSA) is 68.3 Å². The van der Waals surface area contributed by atoms with Crippen molar-refractivity contribution in [2.45, 2.75) is 18.2 Å². The number of nitrogens with one attached hydrogen (secondary N) is 1. The van der Waals surface area contributed by atoms with Crippen molar-refractivity contribution in [3.63, 3.8) is 0 Å². The second-order valence-corrected chi connectivity index (χ2v) is 6.37. The Morgan fingerprint density at radius 2 is 1.96 bits per heavy atom. The highest BCUT2D eigenvalue weighted by molar-refractivity contribution is 7.99. The molecule has 0 aliphatic carbocycles. The summed E-state index contributed by atoms with van der Waals surface area (Å²) in [4.78, 5) is 28.5. The van der Waals surface area contributed by atoms with Crippen molar-refractivity contribution in [1.29, 1.82) is 0 Å².